The van der Waals surface area contributed by atoms with Crippen molar-refractivity contribution in [3.8, 4) is 6.07 Å². The third-order valence-electron chi connectivity index (χ3n) is 2.75. The molecule has 0 bridgehead atoms. The maximum absolute atomic E-state index is 12.0. The van der Waals surface area contributed by atoms with Crippen LogP contribution in [0, 0.1) is 18.3 Å². The van der Waals surface area contributed by atoms with E-state index in [9.17, 15) is 8.42 Å². The number of hydrogen-bond acceptors (Lipinski definition) is 4. The first-order chi connectivity index (χ1) is 7.94. The fourth-order valence-corrected chi connectivity index (χ4v) is 3.14. The zero-order valence-corrected chi connectivity index (χ0v) is 10.2. The van der Waals surface area contributed by atoms with Crippen molar-refractivity contribution in [3.63, 3.8) is 0 Å². The molecule has 2 rings (SSSR count). The summed E-state index contributed by atoms with van der Waals surface area (Å²) in [6.07, 6.45) is 0.663. The number of nitrogens with zero attached hydrogens (tertiary/aromatic N) is 1. The van der Waals surface area contributed by atoms with Gasteiger partial charge >= 0.3 is 0 Å². The largest absolute Gasteiger partial charge is 0.326 e. The van der Waals surface area contributed by atoms with Crippen LogP contribution >= 0.6 is 0 Å². The highest BCUT2D eigenvalue weighted by Crippen LogP contribution is 2.23. The van der Waals surface area contributed by atoms with Crippen molar-refractivity contribution in [2.75, 3.05) is 0 Å². The van der Waals surface area contributed by atoms with Gasteiger partial charge in [0.25, 0.3) is 0 Å². The lowest BCUT2D eigenvalue weighted by Crippen LogP contribution is -2.30. The normalized spacial score (nSPS) is 23.1. The van der Waals surface area contributed by atoms with Crippen LogP contribution in [0.4, 0.5) is 0 Å². The number of nitrogens with one attached hydrogen (secondary N) is 1. The van der Waals surface area contributed by atoms with Gasteiger partial charge in [-0.3, -0.25) is 0 Å². The Morgan fingerprint density at radius 1 is 1.53 bits per heavy atom. The zero-order valence-electron chi connectivity index (χ0n) is 9.34. The summed E-state index contributed by atoms with van der Waals surface area (Å²) >= 11 is 0. The van der Waals surface area contributed by atoms with E-state index in [1.54, 1.807) is 19.1 Å². The lowest BCUT2D eigenvalue weighted by atomic mass is 10.2. The number of aryl methyl sites for hydroxylation is 1. The van der Waals surface area contributed by atoms with Gasteiger partial charge in [-0.15, -0.1) is 0 Å². The molecule has 1 aromatic rings. The van der Waals surface area contributed by atoms with Gasteiger partial charge in [0.2, 0.25) is 10.0 Å². The number of nitriles is 1. The molecule has 2 unspecified atom stereocenters. The fraction of sp³-hybridized carbons (Fsp3) is 0.364. The summed E-state index contributed by atoms with van der Waals surface area (Å²) in [5.41, 5.74) is 6.51. The maximum Gasteiger partial charge on any atom is 0.241 e. The molecule has 6 heteroatoms. The predicted octanol–water partition coefficient (Wildman–Crippen LogP) is 0.245. The van der Waals surface area contributed by atoms with Crippen LogP contribution in [0.25, 0.3) is 0 Å². The van der Waals surface area contributed by atoms with E-state index >= 15 is 0 Å². The van der Waals surface area contributed by atoms with Crippen molar-refractivity contribution in [2.45, 2.75) is 30.3 Å². The van der Waals surface area contributed by atoms with Crippen molar-refractivity contribution in [1.82, 2.24) is 4.72 Å². The summed E-state index contributed by atoms with van der Waals surface area (Å²) in [4.78, 5) is 0.149. The van der Waals surface area contributed by atoms with Crippen LogP contribution in [0.2, 0.25) is 0 Å². The van der Waals surface area contributed by atoms with Crippen LogP contribution < -0.4 is 10.5 Å². The summed E-state index contributed by atoms with van der Waals surface area (Å²) in [6.45, 7) is 1.70. The van der Waals surface area contributed by atoms with Gasteiger partial charge in [0.15, 0.2) is 0 Å². The van der Waals surface area contributed by atoms with E-state index < -0.39 is 10.0 Å². The molecule has 1 saturated carbocycles. The summed E-state index contributed by atoms with van der Waals surface area (Å²) in [6, 6.07) is 6.26. The molecule has 1 aromatic carbocycles. The first-order valence-corrected chi connectivity index (χ1v) is 6.71. The summed E-state index contributed by atoms with van der Waals surface area (Å²) in [5, 5.41) is 8.77. The van der Waals surface area contributed by atoms with E-state index in [1.165, 1.54) is 6.07 Å². The topological polar surface area (TPSA) is 96.0 Å². The smallest absolute Gasteiger partial charge is 0.241 e. The highest BCUT2D eigenvalue weighted by atomic mass is 32.2. The highest BCUT2D eigenvalue weighted by Gasteiger charge is 2.37. The molecule has 0 radical (unpaired) electrons. The van der Waals surface area contributed by atoms with E-state index in [2.05, 4.69) is 4.72 Å². The Morgan fingerprint density at radius 3 is 2.71 bits per heavy atom. The van der Waals surface area contributed by atoms with E-state index in [1.807, 2.05) is 6.07 Å². The van der Waals surface area contributed by atoms with Gasteiger partial charge in [0, 0.05) is 12.1 Å². The predicted molar refractivity (Wildman–Crippen MR) is 62.6 cm³/mol. The molecular formula is C11H13N3O2S. The average molecular weight is 251 g/mol. The number of rotatable bonds is 3. The molecule has 2 atom stereocenters. The number of sulfonamides is 1. The Hall–Kier alpha value is -1.42. The van der Waals surface area contributed by atoms with Gasteiger partial charge in [-0.1, -0.05) is 6.07 Å². The lowest BCUT2D eigenvalue weighted by molar-refractivity contribution is 0.579. The third-order valence-corrected chi connectivity index (χ3v) is 4.38. The van der Waals surface area contributed by atoms with Crippen molar-refractivity contribution in [1.29, 1.82) is 5.26 Å². The van der Waals surface area contributed by atoms with E-state index in [4.69, 9.17) is 11.0 Å². The van der Waals surface area contributed by atoms with E-state index in [0.717, 1.165) is 0 Å². The number of nitrogens with two attached hydrogens (primary N) is 1. The Morgan fingerprint density at radius 2 is 2.18 bits per heavy atom. The summed E-state index contributed by atoms with van der Waals surface area (Å²) < 4.78 is 26.6. The molecule has 5 nitrogen and oxygen atoms in total. The van der Waals surface area contributed by atoms with Crippen molar-refractivity contribution >= 4 is 10.0 Å². The van der Waals surface area contributed by atoms with E-state index in [-0.39, 0.29) is 17.0 Å². The molecule has 17 heavy (non-hydrogen) atoms. The Bertz CT molecular complexity index is 589. The minimum atomic E-state index is -3.57. The number of benzene rings is 1. The zero-order chi connectivity index (χ0) is 12.6. The minimum absolute atomic E-state index is 0.0933. The average Bonchev–Trinajstić information content (AvgIpc) is 2.93. The van der Waals surface area contributed by atoms with E-state index in [0.29, 0.717) is 17.5 Å². The van der Waals surface area contributed by atoms with Crippen LogP contribution in [0.15, 0.2) is 23.1 Å². The van der Waals surface area contributed by atoms with Crippen molar-refractivity contribution < 1.29 is 8.42 Å². The second-order valence-corrected chi connectivity index (χ2v) is 5.90. The molecule has 0 aliphatic heterocycles. The molecule has 0 aromatic heterocycles. The Kier molecular flexibility index (Phi) is 2.91. The third kappa shape index (κ3) is 2.47. The van der Waals surface area contributed by atoms with Gasteiger partial charge < -0.3 is 5.73 Å². The SMILES string of the molecule is Cc1ccc(C#N)cc1S(=O)(=O)NC1CC1N. The molecule has 1 aliphatic carbocycles. The van der Waals surface area contributed by atoms with Crippen LogP contribution in [-0.4, -0.2) is 20.5 Å². The van der Waals surface area contributed by atoms with Gasteiger partial charge in [-0.25, -0.2) is 13.1 Å². The number of hydrogen-bond donors (Lipinski definition) is 2. The fourth-order valence-electron chi connectivity index (χ4n) is 1.57. The van der Waals surface area contributed by atoms with Crippen molar-refractivity contribution in [2.24, 2.45) is 5.73 Å². The van der Waals surface area contributed by atoms with Crippen LogP contribution in [-0.2, 0) is 10.0 Å². The van der Waals surface area contributed by atoms with Crippen LogP contribution in [0.1, 0.15) is 17.5 Å². The molecule has 0 heterocycles. The Balaban J connectivity index is 2.35. The van der Waals surface area contributed by atoms with Gasteiger partial charge in [0.05, 0.1) is 16.5 Å². The molecular weight excluding hydrogens is 238 g/mol. The first-order valence-electron chi connectivity index (χ1n) is 5.23. The van der Waals surface area contributed by atoms with Gasteiger partial charge in [0.1, 0.15) is 0 Å². The van der Waals surface area contributed by atoms with Gasteiger partial charge in [-0.2, -0.15) is 5.26 Å². The van der Waals surface area contributed by atoms with Crippen molar-refractivity contribution in [3.05, 3.63) is 29.3 Å². The van der Waals surface area contributed by atoms with Crippen LogP contribution in [0.3, 0.4) is 0 Å². The minimum Gasteiger partial charge on any atom is -0.326 e. The molecule has 1 fully saturated rings. The Labute approximate surface area is 100 Å². The second-order valence-electron chi connectivity index (χ2n) is 4.22. The summed E-state index contributed by atoms with van der Waals surface area (Å²) in [7, 11) is -3.57. The molecule has 90 valence electrons. The first kappa shape index (κ1) is 12.0. The summed E-state index contributed by atoms with van der Waals surface area (Å²) in [5.74, 6) is 0. The molecule has 0 amide bonds. The monoisotopic (exact) mass is 251 g/mol. The quantitative estimate of drug-likeness (QED) is 0.804. The second kappa shape index (κ2) is 4.11. The van der Waals surface area contributed by atoms with Crippen LogP contribution in [0.5, 0.6) is 0 Å². The maximum atomic E-state index is 12.0. The molecule has 1 aliphatic rings. The molecule has 0 spiro atoms. The lowest BCUT2D eigenvalue weighted by Gasteiger charge is -2.08. The molecule has 3 N–H and O–H groups in total. The highest BCUT2D eigenvalue weighted by molar-refractivity contribution is 7.89. The van der Waals surface area contributed by atoms with Gasteiger partial charge in [-0.05, 0) is 31.0 Å². The standard InChI is InChI=1S/C11H13N3O2S/c1-7-2-3-8(6-12)4-11(7)17(15,16)14-10-5-9(10)13/h2-4,9-10,14H,5,13H2,1H3. The molecule has 0 saturated heterocycles.